The first-order valence-corrected chi connectivity index (χ1v) is 7.48. The molecule has 2 aromatic rings. The second-order valence-electron chi connectivity index (χ2n) is 5.08. The van der Waals surface area contributed by atoms with Crippen molar-refractivity contribution in [3.63, 3.8) is 0 Å². The zero-order chi connectivity index (χ0) is 18.4. The first-order valence-electron chi connectivity index (χ1n) is 7.48. The number of carbonyl (C=O) groups is 2. The number of hydrogen-bond donors (Lipinski definition) is 1. The van der Waals surface area contributed by atoms with Crippen LogP contribution in [0.15, 0.2) is 48.5 Å². The summed E-state index contributed by atoms with van der Waals surface area (Å²) in [5.41, 5.74) is 2.90. The Morgan fingerprint density at radius 1 is 1.16 bits per heavy atom. The van der Waals surface area contributed by atoms with Crippen LogP contribution < -0.4 is 10.4 Å². The van der Waals surface area contributed by atoms with Crippen molar-refractivity contribution in [1.82, 2.24) is 5.43 Å². The molecule has 0 heterocycles. The Hall–Kier alpha value is -3.42. The standard InChI is InChI=1S/C17H17N3O5/c1-3-25-17(22)13-9-12(10-15(11-13)20(23)24)16(21)18-19(2)14-7-5-4-6-8-14/h4-11H,3H2,1-2H3,(H,18,21). The van der Waals surface area contributed by atoms with Crippen LogP contribution in [-0.4, -0.2) is 30.5 Å². The van der Waals surface area contributed by atoms with Gasteiger partial charge in [-0.2, -0.15) is 0 Å². The fourth-order valence-corrected chi connectivity index (χ4v) is 2.11. The summed E-state index contributed by atoms with van der Waals surface area (Å²) in [6, 6.07) is 12.5. The monoisotopic (exact) mass is 343 g/mol. The van der Waals surface area contributed by atoms with E-state index in [4.69, 9.17) is 4.74 Å². The fourth-order valence-electron chi connectivity index (χ4n) is 2.11. The van der Waals surface area contributed by atoms with E-state index < -0.39 is 16.8 Å². The zero-order valence-electron chi connectivity index (χ0n) is 13.8. The van der Waals surface area contributed by atoms with Crippen molar-refractivity contribution in [1.29, 1.82) is 0 Å². The number of benzene rings is 2. The van der Waals surface area contributed by atoms with E-state index in [0.717, 1.165) is 17.8 Å². The highest BCUT2D eigenvalue weighted by Gasteiger charge is 2.19. The number of non-ortho nitro benzene ring substituents is 1. The van der Waals surface area contributed by atoms with Gasteiger partial charge in [0.25, 0.3) is 11.6 Å². The summed E-state index contributed by atoms with van der Waals surface area (Å²) in [5.74, 6) is -1.31. The number of ether oxygens (including phenoxy) is 1. The average Bonchev–Trinajstić information content (AvgIpc) is 2.62. The highest BCUT2D eigenvalue weighted by Crippen LogP contribution is 2.19. The van der Waals surface area contributed by atoms with Crippen molar-refractivity contribution >= 4 is 23.3 Å². The van der Waals surface area contributed by atoms with Gasteiger partial charge in [-0.25, -0.2) is 4.79 Å². The van der Waals surface area contributed by atoms with E-state index >= 15 is 0 Å². The molecule has 0 fully saturated rings. The smallest absolute Gasteiger partial charge is 0.338 e. The average molecular weight is 343 g/mol. The van der Waals surface area contributed by atoms with E-state index in [9.17, 15) is 19.7 Å². The molecule has 8 nitrogen and oxygen atoms in total. The molecule has 0 bridgehead atoms. The first-order chi connectivity index (χ1) is 11.9. The third kappa shape index (κ3) is 4.54. The van der Waals surface area contributed by atoms with E-state index in [2.05, 4.69) is 5.43 Å². The SMILES string of the molecule is CCOC(=O)c1cc(C(=O)NN(C)c2ccccc2)cc([N+](=O)[O-])c1. The van der Waals surface area contributed by atoms with Crippen LogP contribution in [0.1, 0.15) is 27.6 Å². The zero-order valence-corrected chi connectivity index (χ0v) is 13.8. The molecule has 2 aromatic carbocycles. The topological polar surface area (TPSA) is 102 Å². The second-order valence-corrected chi connectivity index (χ2v) is 5.08. The lowest BCUT2D eigenvalue weighted by atomic mass is 10.1. The van der Waals surface area contributed by atoms with Crippen molar-refractivity contribution in [2.75, 3.05) is 18.7 Å². The molecule has 1 N–H and O–H groups in total. The van der Waals surface area contributed by atoms with Gasteiger partial charge in [0, 0.05) is 24.7 Å². The Morgan fingerprint density at radius 3 is 2.40 bits per heavy atom. The number of anilines is 1. The highest BCUT2D eigenvalue weighted by atomic mass is 16.6. The van der Waals surface area contributed by atoms with Gasteiger partial charge in [-0.05, 0) is 25.1 Å². The van der Waals surface area contributed by atoms with Crippen LogP contribution in [0.4, 0.5) is 11.4 Å². The number of rotatable bonds is 6. The third-order valence-electron chi connectivity index (χ3n) is 3.31. The summed E-state index contributed by atoms with van der Waals surface area (Å²) < 4.78 is 4.84. The molecule has 0 aromatic heterocycles. The summed E-state index contributed by atoms with van der Waals surface area (Å²) >= 11 is 0. The molecule has 1 amide bonds. The maximum atomic E-state index is 12.4. The van der Waals surface area contributed by atoms with Crippen LogP contribution in [-0.2, 0) is 4.74 Å². The summed E-state index contributed by atoms with van der Waals surface area (Å²) in [6.45, 7) is 1.75. The number of hydrazine groups is 1. The van der Waals surface area contributed by atoms with Gasteiger partial charge < -0.3 is 4.74 Å². The van der Waals surface area contributed by atoms with Crippen LogP contribution >= 0.6 is 0 Å². The molecule has 0 saturated heterocycles. The van der Waals surface area contributed by atoms with Crippen molar-refractivity contribution in [3.8, 4) is 0 Å². The Labute approximate surface area is 144 Å². The molecule has 0 aliphatic rings. The number of hydrogen-bond acceptors (Lipinski definition) is 6. The predicted molar refractivity (Wildman–Crippen MR) is 91.4 cm³/mol. The van der Waals surface area contributed by atoms with Gasteiger partial charge >= 0.3 is 5.97 Å². The molecule has 0 atom stereocenters. The van der Waals surface area contributed by atoms with Gasteiger partial charge in [-0.3, -0.25) is 25.3 Å². The number of carbonyl (C=O) groups excluding carboxylic acids is 2. The van der Waals surface area contributed by atoms with Crippen LogP contribution in [0, 0.1) is 10.1 Å². The Bertz CT molecular complexity index is 792. The van der Waals surface area contributed by atoms with Gasteiger partial charge in [-0.15, -0.1) is 0 Å². The maximum Gasteiger partial charge on any atom is 0.338 e. The van der Waals surface area contributed by atoms with Crippen molar-refractivity contribution < 1.29 is 19.2 Å². The number of nitrogens with zero attached hydrogens (tertiary/aromatic N) is 2. The third-order valence-corrected chi connectivity index (χ3v) is 3.31. The normalized spacial score (nSPS) is 10.0. The van der Waals surface area contributed by atoms with Crippen molar-refractivity contribution in [2.24, 2.45) is 0 Å². The Balaban J connectivity index is 2.28. The van der Waals surface area contributed by atoms with Gasteiger partial charge in [0.1, 0.15) is 0 Å². The van der Waals surface area contributed by atoms with Gasteiger partial charge in [0.2, 0.25) is 0 Å². The lowest BCUT2D eigenvalue weighted by molar-refractivity contribution is -0.384. The molecule has 0 aliphatic carbocycles. The highest BCUT2D eigenvalue weighted by molar-refractivity contribution is 5.99. The van der Waals surface area contributed by atoms with Gasteiger partial charge in [-0.1, -0.05) is 18.2 Å². The van der Waals surface area contributed by atoms with E-state index in [1.54, 1.807) is 26.1 Å². The second kappa shape index (κ2) is 7.91. The Morgan fingerprint density at radius 2 is 1.80 bits per heavy atom. The maximum absolute atomic E-state index is 12.4. The number of para-hydroxylation sites is 1. The molecule has 0 aliphatic heterocycles. The molecular weight excluding hydrogens is 326 g/mol. The minimum absolute atomic E-state index is 0.0139. The van der Waals surface area contributed by atoms with Gasteiger partial charge in [0.05, 0.1) is 22.8 Å². The summed E-state index contributed by atoms with van der Waals surface area (Å²) in [4.78, 5) is 34.7. The van der Waals surface area contributed by atoms with Gasteiger partial charge in [0.15, 0.2) is 0 Å². The minimum atomic E-state index is -0.725. The molecule has 25 heavy (non-hydrogen) atoms. The quantitative estimate of drug-likeness (QED) is 0.491. The van der Waals surface area contributed by atoms with E-state index in [1.165, 1.54) is 11.1 Å². The molecule has 130 valence electrons. The molecular formula is C17H17N3O5. The number of nitrogens with one attached hydrogen (secondary N) is 1. The number of nitro benzene ring substituents is 1. The number of esters is 1. The van der Waals surface area contributed by atoms with E-state index in [0.29, 0.717) is 0 Å². The summed E-state index contributed by atoms with van der Waals surface area (Å²) in [5, 5.41) is 12.5. The Kier molecular flexibility index (Phi) is 5.67. The van der Waals surface area contributed by atoms with E-state index in [1.807, 2.05) is 18.2 Å². The molecule has 2 rings (SSSR count). The molecule has 0 unspecified atom stereocenters. The number of nitro groups is 1. The van der Waals surface area contributed by atoms with Crippen molar-refractivity contribution in [2.45, 2.75) is 6.92 Å². The molecule has 0 radical (unpaired) electrons. The lowest BCUT2D eigenvalue weighted by Gasteiger charge is -2.20. The van der Waals surface area contributed by atoms with Crippen molar-refractivity contribution in [3.05, 3.63) is 69.8 Å². The molecule has 0 spiro atoms. The predicted octanol–water partition coefficient (Wildman–Crippen LogP) is 2.55. The minimum Gasteiger partial charge on any atom is -0.462 e. The molecule has 0 saturated carbocycles. The van der Waals surface area contributed by atoms with Crippen LogP contribution in [0.5, 0.6) is 0 Å². The summed E-state index contributed by atoms with van der Waals surface area (Å²) in [7, 11) is 1.64. The van der Waals surface area contributed by atoms with Crippen LogP contribution in [0.3, 0.4) is 0 Å². The number of amides is 1. The van der Waals surface area contributed by atoms with E-state index in [-0.39, 0.29) is 23.4 Å². The lowest BCUT2D eigenvalue weighted by Crippen LogP contribution is -2.39. The molecule has 8 heteroatoms. The van der Waals surface area contributed by atoms with Crippen LogP contribution in [0.25, 0.3) is 0 Å². The first kappa shape index (κ1) is 17.9. The van der Waals surface area contributed by atoms with Crippen LogP contribution in [0.2, 0.25) is 0 Å². The fraction of sp³-hybridized carbons (Fsp3) is 0.176. The largest absolute Gasteiger partial charge is 0.462 e. The summed E-state index contributed by atoms with van der Waals surface area (Å²) in [6.07, 6.45) is 0.